The largest absolute Gasteiger partial charge is 0.465 e. The van der Waals surface area contributed by atoms with Gasteiger partial charge in [0, 0.05) is 6.08 Å². The van der Waals surface area contributed by atoms with Crippen LogP contribution in [0.2, 0.25) is 0 Å². The molecule has 2 rings (SSSR count). The lowest BCUT2D eigenvalue weighted by atomic mass is 9.87. The Morgan fingerprint density at radius 3 is 2.24 bits per heavy atom. The molecule has 4 heteroatoms. The molecule has 0 saturated heterocycles. The second-order valence-corrected chi connectivity index (χ2v) is 6.73. The van der Waals surface area contributed by atoms with Gasteiger partial charge in [0.15, 0.2) is 0 Å². The number of methoxy groups -OCH3 is 1. The van der Waals surface area contributed by atoms with Gasteiger partial charge in [-0.15, -0.1) is 0 Å². The van der Waals surface area contributed by atoms with Crippen molar-refractivity contribution < 1.29 is 14.3 Å². The number of rotatable bonds is 4. The highest BCUT2D eigenvalue weighted by atomic mass is 16.5. The Labute approximate surface area is 148 Å². The first kappa shape index (κ1) is 18.5. The number of anilines is 1. The quantitative estimate of drug-likeness (QED) is 0.663. The lowest BCUT2D eigenvalue weighted by Gasteiger charge is -2.18. The molecule has 4 nitrogen and oxygen atoms in total. The molecule has 0 spiro atoms. The summed E-state index contributed by atoms with van der Waals surface area (Å²) in [7, 11) is 1.31. The van der Waals surface area contributed by atoms with Gasteiger partial charge in [0.1, 0.15) is 0 Å². The maximum Gasteiger partial charge on any atom is 0.339 e. The maximum absolute atomic E-state index is 12.1. The predicted molar refractivity (Wildman–Crippen MR) is 101 cm³/mol. The van der Waals surface area contributed by atoms with E-state index in [9.17, 15) is 9.59 Å². The highest BCUT2D eigenvalue weighted by Crippen LogP contribution is 2.22. The number of benzene rings is 2. The third-order valence-electron chi connectivity index (χ3n) is 3.79. The van der Waals surface area contributed by atoms with Gasteiger partial charge < -0.3 is 10.1 Å². The number of para-hydroxylation sites is 1. The minimum atomic E-state index is -0.488. The molecule has 1 amide bonds. The number of amides is 1. The second-order valence-electron chi connectivity index (χ2n) is 6.73. The molecule has 25 heavy (non-hydrogen) atoms. The summed E-state index contributed by atoms with van der Waals surface area (Å²) in [6.45, 7) is 6.47. The van der Waals surface area contributed by atoms with E-state index >= 15 is 0 Å². The van der Waals surface area contributed by atoms with Crippen LogP contribution in [0.15, 0.2) is 54.6 Å². The van der Waals surface area contributed by atoms with Gasteiger partial charge in [-0.1, -0.05) is 57.2 Å². The third kappa shape index (κ3) is 5.05. The minimum Gasteiger partial charge on any atom is -0.465 e. The Balaban J connectivity index is 2.08. The summed E-state index contributed by atoms with van der Waals surface area (Å²) in [6.07, 6.45) is 3.18. The summed E-state index contributed by atoms with van der Waals surface area (Å²) in [5.41, 5.74) is 3.01. The minimum absolute atomic E-state index is 0.0945. The van der Waals surface area contributed by atoms with Crippen molar-refractivity contribution in [2.45, 2.75) is 26.2 Å². The van der Waals surface area contributed by atoms with E-state index in [1.54, 1.807) is 30.3 Å². The molecule has 0 fully saturated rings. The normalized spacial score (nSPS) is 11.4. The van der Waals surface area contributed by atoms with Crippen LogP contribution >= 0.6 is 0 Å². The zero-order valence-corrected chi connectivity index (χ0v) is 15.0. The van der Waals surface area contributed by atoms with E-state index in [0.29, 0.717) is 11.3 Å². The van der Waals surface area contributed by atoms with Crippen molar-refractivity contribution >= 4 is 23.6 Å². The second kappa shape index (κ2) is 7.79. The molecular formula is C21H23NO3. The fourth-order valence-corrected chi connectivity index (χ4v) is 2.32. The van der Waals surface area contributed by atoms with Crippen LogP contribution in [-0.2, 0) is 14.9 Å². The molecule has 0 atom stereocenters. The summed E-state index contributed by atoms with van der Waals surface area (Å²) in [5, 5.41) is 2.71. The monoisotopic (exact) mass is 337 g/mol. The van der Waals surface area contributed by atoms with Crippen LogP contribution in [-0.4, -0.2) is 19.0 Å². The van der Waals surface area contributed by atoms with Crippen molar-refractivity contribution in [3.8, 4) is 0 Å². The first-order valence-electron chi connectivity index (χ1n) is 8.08. The first-order valence-corrected chi connectivity index (χ1v) is 8.08. The van der Waals surface area contributed by atoms with Gasteiger partial charge >= 0.3 is 5.97 Å². The fourth-order valence-electron chi connectivity index (χ4n) is 2.32. The Kier molecular flexibility index (Phi) is 5.75. The molecule has 130 valence electrons. The Bertz CT molecular complexity index is 784. The van der Waals surface area contributed by atoms with Crippen LogP contribution in [0.5, 0.6) is 0 Å². The van der Waals surface area contributed by atoms with Gasteiger partial charge in [0.25, 0.3) is 0 Å². The molecule has 0 radical (unpaired) electrons. The van der Waals surface area contributed by atoms with E-state index in [0.717, 1.165) is 5.56 Å². The first-order chi connectivity index (χ1) is 11.8. The summed E-state index contributed by atoms with van der Waals surface area (Å²) >= 11 is 0. The number of carbonyl (C=O) groups is 2. The summed E-state index contributed by atoms with van der Waals surface area (Å²) in [6, 6.07) is 14.8. The van der Waals surface area contributed by atoms with E-state index in [4.69, 9.17) is 4.74 Å². The number of carbonyl (C=O) groups excluding carboxylic acids is 2. The number of ether oxygens (including phenoxy) is 1. The lowest BCUT2D eigenvalue weighted by molar-refractivity contribution is -0.111. The van der Waals surface area contributed by atoms with Crippen LogP contribution in [0, 0.1) is 0 Å². The molecule has 2 aromatic carbocycles. The van der Waals surface area contributed by atoms with Crippen molar-refractivity contribution in [3.63, 3.8) is 0 Å². The lowest BCUT2D eigenvalue weighted by Crippen LogP contribution is -2.12. The Morgan fingerprint density at radius 1 is 1.00 bits per heavy atom. The standard InChI is InChI=1S/C21H23NO3/c1-21(2,3)16-12-9-15(10-13-16)11-14-19(23)22-18-8-6-5-7-17(18)20(24)25-4/h5-14H,1-4H3,(H,22,23)/b14-11+. The third-order valence-corrected chi connectivity index (χ3v) is 3.79. The van der Waals surface area contributed by atoms with E-state index in [-0.39, 0.29) is 11.3 Å². The number of hydrogen-bond acceptors (Lipinski definition) is 3. The molecule has 0 aliphatic rings. The summed E-state index contributed by atoms with van der Waals surface area (Å²) in [5.74, 6) is -0.797. The van der Waals surface area contributed by atoms with E-state index < -0.39 is 5.97 Å². The summed E-state index contributed by atoms with van der Waals surface area (Å²) in [4.78, 5) is 23.8. The van der Waals surface area contributed by atoms with Gasteiger partial charge in [0.2, 0.25) is 5.91 Å². The fraction of sp³-hybridized carbons (Fsp3) is 0.238. The van der Waals surface area contributed by atoms with Crippen LogP contribution in [0.25, 0.3) is 6.08 Å². The van der Waals surface area contributed by atoms with Gasteiger partial charge in [-0.3, -0.25) is 4.79 Å². The van der Waals surface area contributed by atoms with Gasteiger partial charge in [-0.25, -0.2) is 4.79 Å². The van der Waals surface area contributed by atoms with Crippen molar-refractivity contribution in [3.05, 3.63) is 71.3 Å². The molecule has 1 N–H and O–H groups in total. The average molecular weight is 337 g/mol. The zero-order chi connectivity index (χ0) is 18.4. The molecule has 0 unspecified atom stereocenters. The number of esters is 1. The number of hydrogen-bond donors (Lipinski definition) is 1. The Hall–Kier alpha value is -2.88. The maximum atomic E-state index is 12.1. The highest BCUT2D eigenvalue weighted by Gasteiger charge is 2.13. The van der Waals surface area contributed by atoms with Crippen LogP contribution in [0.1, 0.15) is 42.3 Å². The molecule has 0 aliphatic carbocycles. The van der Waals surface area contributed by atoms with Crippen molar-refractivity contribution in [1.82, 2.24) is 0 Å². The van der Waals surface area contributed by atoms with Crippen LogP contribution in [0.3, 0.4) is 0 Å². The molecule has 2 aromatic rings. The van der Waals surface area contributed by atoms with Crippen molar-refractivity contribution in [2.24, 2.45) is 0 Å². The van der Waals surface area contributed by atoms with Crippen molar-refractivity contribution in [2.75, 3.05) is 12.4 Å². The zero-order valence-electron chi connectivity index (χ0n) is 15.0. The van der Waals surface area contributed by atoms with Gasteiger partial charge in [0.05, 0.1) is 18.4 Å². The smallest absolute Gasteiger partial charge is 0.339 e. The average Bonchev–Trinajstić information content (AvgIpc) is 2.59. The molecule has 0 bridgehead atoms. The molecule has 0 heterocycles. The van der Waals surface area contributed by atoms with Gasteiger partial charge in [-0.05, 0) is 34.8 Å². The molecule has 0 aromatic heterocycles. The topological polar surface area (TPSA) is 55.4 Å². The van der Waals surface area contributed by atoms with E-state index in [1.165, 1.54) is 18.7 Å². The van der Waals surface area contributed by atoms with E-state index in [2.05, 4.69) is 38.2 Å². The van der Waals surface area contributed by atoms with Crippen molar-refractivity contribution in [1.29, 1.82) is 0 Å². The van der Waals surface area contributed by atoms with Crippen LogP contribution < -0.4 is 5.32 Å². The number of nitrogens with one attached hydrogen (secondary N) is 1. The van der Waals surface area contributed by atoms with Gasteiger partial charge in [-0.2, -0.15) is 0 Å². The molecular weight excluding hydrogens is 314 g/mol. The highest BCUT2D eigenvalue weighted by molar-refractivity contribution is 6.06. The van der Waals surface area contributed by atoms with Crippen LogP contribution in [0.4, 0.5) is 5.69 Å². The van der Waals surface area contributed by atoms with E-state index in [1.807, 2.05) is 12.1 Å². The SMILES string of the molecule is COC(=O)c1ccccc1NC(=O)/C=C/c1ccc(C(C)(C)C)cc1. The predicted octanol–water partition coefficient (Wildman–Crippen LogP) is 4.42. The Morgan fingerprint density at radius 2 is 1.64 bits per heavy atom. The molecule has 0 saturated carbocycles. The summed E-state index contributed by atoms with van der Waals surface area (Å²) < 4.78 is 4.72. The molecule has 0 aliphatic heterocycles.